The Balaban J connectivity index is 0. The van der Waals surface area contributed by atoms with Gasteiger partial charge in [0.1, 0.15) is 0 Å². The van der Waals surface area contributed by atoms with Gasteiger partial charge in [-0.3, -0.25) is 9.59 Å². The Morgan fingerprint density at radius 3 is 1.80 bits per heavy atom. The molecule has 0 aromatic rings. The lowest BCUT2D eigenvalue weighted by atomic mass is 10.1. The highest BCUT2D eigenvalue weighted by atomic mass is 16.4. The summed E-state index contributed by atoms with van der Waals surface area (Å²) in [6.45, 7) is 5.96. The third-order valence-corrected chi connectivity index (χ3v) is 3.72. The fourth-order valence-electron chi connectivity index (χ4n) is 2.18. The number of carboxylic acid groups (broad SMARTS) is 1. The summed E-state index contributed by atoms with van der Waals surface area (Å²) in [4.78, 5) is 20.9. The van der Waals surface area contributed by atoms with E-state index in [0.717, 1.165) is 13.0 Å². The van der Waals surface area contributed by atoms with E-state index in [1.807, 2.05) is 0 Å². The fraction of sp³-hybridized carbons (Fsp3) is 0.895. The number of aliphatic hydroxyl groups is 1. The van der Waals surface area contributed by atoms with Gasteiger partial charge < -0.3 is 20.8 Å². The SMILES string of the molecule is CCC(=O)O.CCCCCCCCCCCC(=O)NCCNCCO. The standard InChI is InChI=1S/C16H34N2O2.C3H6O2/c1-2-3-4-5-6-7-8-9-10-11-16(20)18-13-12-17-14-15-19;1-2-3(4)5/h17,19H,2-15H2,1H3,(H,18,20);2H2,1H3,(H,4,5). The molecule has 0 aliphatic heterocycles. The molecule has 4 N–H and O–H groups in total. The molecule has 25 heavy (non-hydrogen) atoms. The number of nitrogens with one attached hydrogen (secondary N) is 2. The Morgan fingerprint density at radius 1 is 0.800 bits per heavy atom. The van der Waals surface area contributed by atoms with Gasteiger partial charge in [0, 0.05) is 32.5 Å². The van der Waals surface area contributed by atoms with Gasteiger partial charge in [0.25, 0.3) is 0 Å². The number of carbonyl (C=O) groups excluding carboxylic acids is 1. The van der Waals surface area contributed by atoms with E-state index in [2.05, 4.69) is 17.6 Å². The predicted molar refractivity (Wildman–Crippen MR) is 103 cm³/mol. The Hall–Kier alpha value is -1.14. The van der Waals surface area contributed by atoms with E-state index in [4.69, 9.17) is 10.2 Å². The summed E-state index contributed by atoms with van der Waals surface area (Å²) >= 11 is 0. The first-order valence-electron chi connectivity index (χ1n) is 9.88. The maximum atomic E-state index is 11.5. The van der Waals surface area contributed by atoms with Gasteiger partial charge >= 0.3 is 5.97 Å². The molecule has 0 rings (SSSR count). The van der Waals surface area contributed by atoms with Crippen molar-refractivity contribution in [2.45, 2.75) is 84.5 Å². The molecule has 0 saturated heterocycles. The van der Waals surface area contributed by atoms with Crippen LogP contribution < -0.4 is 10.6 Å². The van der Waals surface area contributed by atoms with Crippen LogP contribution in [-0.4, -0.2) is 48.3 Å². The number of carbonyl (C=O) groups is 2. The number of hydrogen-bond acceptors (Lipinski definition) is 4. The van der Waals surface area contributed by atoms with Gasteiger partial charge in [0.05, 0.1) is 6.61 Å². The van der Waals surface area contributed by atoms with Crippen LogP contribution in [0.1, 0.15) is 84.5 Å². The second-order valence-electron chi connectivity index (χ2n) is 6.15. The van der Waals surface area contributed by atoms with Crippen LogP contribution >= 0.6 is 0 Å². The van der Waals surface area contributed by atoms with Crippen molar-refractivity contribution in [2.75, 3.05) is 26.2 Å². The molecule has 0 saturated carbocycles. The lowest BCUT2D eigenvalue weighted by Crippen LogP contribution is -2.32. The average molecular weight is 361 g/mol. The van der Waals surface area contributed by atoms with Crippen molar-refractivity contribution in [1.82, 2.24) is 10.6 Å². The van der Waals surface area contributed by atoms with Crippen molar-refractivity contribution in [3.63, 3.8) is 0 Å². The van der Waals surface area contributed by atoms with Crippen molar-refractivity contribution in [2.24, 2.45) is 0 Å². The van der Waals surface area contributed by atoms with E-state index in [1.54, 1.807) is 6.92 Å². The molecule has 0 bridgehead atoms. The molecule has 0 aromatic carbocycles. The van der Waals surface area contributed by atoms with Gasteiger partial charge in [-0.1, -0.05) is 65.2 Å². The molecule has 6 nitrogen and oxygen atoms in total. The molecular weight excluding hydrogens is 320 g/mol. The van der Waals surface area contributed by atoms with E-state index in [-0.39, 0.29) is 18.9 Å². The van der Waals surface area contributed by atoms with Crippen LogP contribution in [0.4, 0.5) is 0 Å². The monoisotopic (exact) mass is 360 g/mol. The summed E-state index contributed by atoms with van der Waals surface area (Å²) in [5.41, 5.74) is 0. The van der Waals surface area contributed by atoms with E-state index in [1.165, 1.54) is 51.4 Å². The van der Waals surface area contributed by atoms with Crippen molar-refractivity contribution in [1.29, 1.82) is 0 Å². The van der Waals surface area contributed by atoms with E-state index >= 15 is 0 Å². The highest BCUT2D eigenvalue weighted by molar-refractivity contribution is 5.75. The largest absolute Gasteiger partial charge is 0.481 e. The molecule has 0 aliphatic carbocycles. The summed E-state index contributed by atoms with van der Waals surface area (Å²) < 4.78 is 0. The molecule has 0 unspecified atom stereocenters. The summed E-state index contributed by atoms with van der Waals surface area (Å²) in [7, 11) is 0. The number of amides is 1. The molecule has 0 radical (unpaired) electrons. The van der Waals surface area contributed by atoms with E-state index in [0.29, 0.717) is 19.5 Å². The van der Waals surface area contributed by atoms with Gasteiger partial charge in [-0.25, -0.2) is 0 Å². The minimum Gasteiger partial charge on any atom is -0.481 e. The van der Waals surface area contributed by atoms with Crippen LogP contribution in [-0.2, 0) is 9.59 Å². The zero-order valence-electron chi connectivity index (χ0n) is 16.3. The summed E-state index contributed by atoms with van der Waals surface area (Å²) in [5.74, 6) is -0.594. The first-order chi connectivity index (χ1) is 12.1. The van der Waals surface area contributed by atoms with Gasteiger partial charge in [-0.15, -0.1) is 0 Å². The topological polar surface area (TPSA) is 98.7 Å². The first-order valence-corrected chi connectivity index (χ1v) is 9.88. The Labute approximate surface area is 153 Å². The molecule has 0 spiro atoms. The van der Waals surface area contributed by atoms with E-state index in [9.17, 15) is 9.59 Å². The van der Waals surface area contributed by atoms with Crippen LogP contribution in [0.15, 0.2) is 0 Å². The molecule has 150 valence electrons. The maximum absolute atomic E-state index is 11.5. The Bertz CT molecular complexity index is 299. The van der Waals surface area contributed by atoms with Gasteiger partial charge in [0.2, 0.25) is 5.91 Å². The van der Waals surface area contributed by atoms with Crippen LogP contribution in [0.3, 0.4) is 0 Å². The normalized spacial score (nSPS) is 10.0. The van der Waals surface area contributed by atoms with Crippen LogP contribution in [0.2, 0.25) is 0 Å². The summed E-state index contributed by atoms with van der Waals surface area (Å²) in [6.07, 6.45) is 12.4. The number of hydrogen-bond donors (Lipinski definition) is 4. The van der Waals surface area contributed by atoms with Gasteiger partial charge in [-0.05, 0) is 6.42 Å². The van der Waals surface area contributed by atoms with Crippen LogP contribution in [0, 0.1) is 0 Å². The molecule has 0 atom stereocenters. The molecule has 0 aromatic heterocycles. The van der Waals surface area contributed by atoms with Gasteiger partial charge in [0.15, 0.2) is 0 Å². The molecular formula is C19H40N2O4. The van der Waals surface area contributed by atoms with Crippen LogP contribution in [0.5, 0.6) is 0 Å². The zero-order valence-corrected chi connectivity index (χ0v) is 16.3. The molecule has 0 fully saturated rings. The summed E-state index contributed by atoms with van der Waals surface area (Å²) in [6, 6.07) is 0. The quantitative estimate of drug-likeness (QED) is 0.317. The number of aliphatic hydroxyl groups excluding tert-OH is 1. The van der Waals surface area contributed by atoms with Crippen molar-refractivity contribution >= 4 is 11.9 Å². The van der Waals surface area contributed by atoms with E-state index < -0.39 is 5.97 Å². The Morgan fingerprint density at radius 2 is 1.32 bits per heavy atom. The number of carboxylic acids is 1. The lowest BCUT2D eigenvalue weighted by molar-refractivity contribution is -0.136. The predicted octanol–water partition coefficient (Wildman–Crippen LogP) is 3.09. The van der Waals surface area contributed by atoms with Crippen molar-refractivity contribution in [3.8, 4) is 0 Å². The molecule has 1 amide bonds. The minimum atomic E-state index is -0.745. The molecule has 6 heteroatoms. The highest BCUT2D eigenvalue weighted by Crippen LogP contribution is 2.10. The number of aliphatic carboxylic acids is 1. The number of unbranched alkanes of at least 4 members (excludes halogenated alkanes) is 8. The van der Waals surface area contributed by atoms with Crippen molar-refractivity contribution in [3.05, 3.63) is 0 Å². The summed E-state index contributed by atoms with van der Waals surface area (Å²) in [5, 5.41) is 22.2. The highest BCUT2D eigenvalue weighted by Gasteiger charge is 2.00. The smallest absolute Gasteiger partial charge is 0.303 e. The lowest BCUT2D eigenvalue weighted by Gasteiger charge is -2.06. The number of rotatable bonds is 16. The fourth-order valence-corrected chi connectivity index (χ4v) is 2.18. The molecule has 0 aliphatic rings. The Kier molecular flexibility index (Phi) is 23.9. The van der Waals surface area contributed by atoms with Gasteiger partial charge in [-0.2, -0.15) is 0 Å². The maximum Gasteiger partial charge on any atom is 0.303 e. The first kappa shape index (κ1) is 26.1. The zero-order chi connectivity index (χ0) is 19.2. The second kappa shape index (κ2) is 22.9. The molecule has 0 heterocycles. The second-order valence-corrected chi connectivity index (χ2v) is 6.15. The average Bonchev–Trinajstić information content (AvgIpc) is 2.60. The minimum absolute atomic E-state index is 0.145. The van der Waals surface area contributed by atoms with Crippen molar-refractivity contribution < 1.29 is 19.8 Å². The third kappa shape index (κ3) is 28.0. The van der Waals surface area contributed by atoms with Crippen LogP contribution in [0.25, 0.3) is 0 Å². The third-order valence-electron chi connectivity index (χ3n) is 3.72.